The van der Waals surface area contributed by atoms with Crippen LogP contribution in [0.15, 0.2) is 53.3 Å². The van der Waals surface area contributed by atoms with Gasteiger partial charge in [0.05, 0.1) is 23.5 Å². The van der Waals surface area contributed by atoms with Gasteiger partial charge in [0, 0.05) is 19.2 Å². The van der Waals surface area contributed by atoms with Crippen LogP contribution < -0.4 is 10.6 Å². The SMILES string of the molecule is NC(c1ccccc1)c1noc(-c2cncc(N3CCCC3=O)c2)n1. The van der Waals surface area contributed by atoms with Gasteiger partial charge in [-0.3, -0.25) is 9.78 Å². The van der Waals surface area contributed by atoms with Crippen molar-refractivity contribution in [2.75, 3.05) is 11.4 Å². The first kappa shape index (κ1) is 15.5. The molecule has 1 aliphatic heterocycles. The summed E-state index contributed by atoms with van der Waals surface area (Å²) in [6, 6.07) is 11.0. The number of hydrogen-bond donors (Lipinski definition) is 1. The lowest BCUT2D eigenvalue weighted by atomic mass is 10.1. The van der Waals surface area contributed by atoms with Gasteiger partial charge in [0.15, 0.2) is 5.82 Å². The predicted molar refractivity (Wildman–Crippen MR) is 91.6 cm³/mol. The number of anilines is 1. The summed E-state index contributed by atoms with van der Waals surface area (Å²) in [5, 5.41) is 3.99. The molecule has 3 aromatic rings. The Kier molecular flexibility index (Phi) is 3.99. The zero-order chi connectivity index (χ0) is 17.2. The number of rotatable bonds is 4. The quantitative estimate of drug-likeness (QED) is 0.785. The average Bonchev–Trinajstić information content (AvgIpc) is 3.31. The zero-order valence-corrected chi connectivity index (χ0v) is 13.5. The van der Waals surface area contributed by atoms with Crippen molar-refractivity contribution >= 4 is 11.6 Å². The highest BCUT2D eigenvalue weighted by Crippen LogP contribution is 2.26. The number of nitrogens with two attached hydrogens (primary N) is 1. The minimum atomic E-state index is -0.463. The molecule has 7 heteroatoms. The Morgan fingerprint density at radius 2 is 2.04 bits per heavy atom. The van der Waals surface area contributed by atoms with Crippen LogP contribution in [0.25, 0.3) is 11.5 Å². The van der Waals surface area contributed by atoms with E-state index in [1.165, 1.54) is 0 Å². The molecule has 25 heavy (non-hydrogen) atoms. The minimum Gasteiger partial charge on any atom is -0.334 e. The normalized spacial score (nSPS) is 15.6. The lowest BCUT2D eigenvalue weighted by Gasteiger charge is -2.15. The van der Waals surface area contributed by atoms with Crippen LogP contribution in [0.2, 0.25) is 0 Å². The number of amides is 1. The second kappa shape index (κ2) is 6.45. The van der Waals surface area contributed by atoms with Gasteiger partial charge in [-0.05, 0) is 18.1 Å². The molecule has 4 rings (SSSR count). The Morgan fingerprint density at radius 1 is 1.20 bits per heavy atom. The van der Waals surface area contributed by atoms with Crippen LogP contribution in [0.5, 0.6) is 0 Å². The summed E-state index contributed by atoms with van der Waals surface area (Å²) in [5.74, 6) is 0.850. The molecule has 0 aliphatic carbocycles. The van der Waals surface area contributed by atoms with Crippen molar-refractivity contribution in [3.63, 3.8) is 0 Å². The molecular formula is C18H17N5O2. The van der Waals surface area contributed by atoms with E-state index in [4.69, 9.17) is 10.3 Å². The molecule has 1 aromatic carbocycles. The van der Waals surface area contributed by atoms with Crippen LogP contribution >= 0.6 is 0 Å². The van der Waals surface area contributed by atoms with E-state index in [-0.39, 0.29) is 5.91 Å². The van der Waals surface area contributed by atoms with Crippen molar-refractivity contribution in [3.05, 3.63) is 60.2 Å². The van der Waals surface area contributed by atoms with Crippen LogP contribution in [0, 0.1) is 0 Å². The van der Waals surface area contributed by atoms with Crippen molar-refractivity contribution in [1.82, 2.24) is 15.1 Å². The Balaban J connectivity index is 1.61. The Morgan fingerprint density at radius 3 is 2.80 bits per heavy atom. The smallest absolute Gasteiger partial charge is 0.259 e. The molecule has 0 saturated carbocycles. The largest absolute Gasteiger partial charge is 0.334 e. The molecule has 1 unspecified atom stereocenters. The third-order valence-electron chi connectivity index (χ3n) is 4.23. The maximum Gasteiger partial charge on any atom is 0.259 e. The molecule has 126 valence electrons. The highest BCUT2D eigenvalue weighted by atomic mass is 16.5. The first-order valence-corrected chi connectivity index (χ1v) is 8.12. The predicted octanol–water partition coefficient (Wildman–Crippen LogP) is 2.31. The molecule has 3 heterocycles. The summed E-state index contributed by atoms with van der Waals surface area (Å²) in [6.07, 6.45) is 4.73. The fourth-order valence-electron chi connectivity index (χ4n) is 2.90. The lowest BCUT2D eigenvalue weighted by molar-refractivity contribution is -0.117. The Hall–Kier alpha value is -3.06. The van der Waals surface area contributed by atoms with Gasteiger partial charge in [0.1, 0.15) is 0 Å². The van der Waals surface area contributed by atoms with Crippen molar-refractivity contribution in [2.24, 2.45) is 5.73 Å². The van der Waals surface area contributed by atoms with Gasteiger partial charge >= 0.3 is 0 Å². The number of carbonyl (C=O) groups is 1. The molecule has 0 bridgehead atoms. The third kappa shape index (κ3) is 3.01. The lowest BCUT2D eigenvalue weighted by Crippen LogP contribution is -2.23. The first-order valence-electron chi connectivity index (χ1n) is 8.12. The summed E-state index contributed by atoms with van der Waals surface area (Å²) < 4.78 is 5.35. The average molecular weight is 335 g/mol. The standard InChI is InChI=1S/C18H17N5O2/c19-16(12-5-2-1-3-6-12)17-21-18(25-22-17)13-9-14(11-20-10-13)23-8-4-7-15(23)24/h1-3,5-6,9-11,16H,4,7-8,19H2. The molecule has 0 spiro atoms. The third-order valence-corrected chi connectivity index (χ3v) is 4.23. The van der Waals surface area contributed by atoms with Gasteiger partial charge < -0.3 is 15.2 Å². The van der Waals surface area contributed by atoms with Crippen LogP contribution in [-0.4, -0.2) is 27.6 Å². The summed E-state index contributed by atoms with van der Waals surface area (Å²) >= 11 is 0. The van der Waals surface area contributed by atoms with Gasteiger partial charge in [-0.15, -0.1) is 0 Å². The number of benzene rings is 1. The number of pyridine rings is 1. The number of carbonyl (C=O) groups excluding carboxylic acids is 1. The second-order valence-corrected chi connectivity index (χ2v) is 5.93. The molecule has 0 radical (unpaired) electrons. The molecule has 1 fully saturated rings. The van der Waals surface area contributed by atoms with E-state index < -0.39 is 6.04 Å². The van der Waals surface area contributed by atoms with Crippen LogP contribution in [0.3, 0.4) is 0 Å². The highest BCUT2D eigenvalue weighted by molar-refractivity contribution is 5.95. The molecule has 1 aliphatic rings. The number of hydrogen-bond acceptors (Lipinski definition) is 6. The van der Waals surface area contributed by atoms with E-state index in [2.05, 4.69) is 15.1 Å². The number of nitrogens with zero attached hydrogens (tertiary/aromatic N) is 4. The van der Waals surface area contributed by atoms with E-state index in [0.717, 1.165) is 17.7 Å². The minimum absolute atomic E-state index is 0.108. The molecule has 2 aromatic heterocycles. The summed E-state index contributed by atoms with van der Waals surface area (Å²) in [4.78, 5) is 22.2. The summed E-state index contributed by atoms with van der Waals surface area (Å²) in [7, 11) is 0. The highest BCUT2D eigenvalue weighted by Gasteiger charge is 2.23. The van der Waals surface area contributed by atoms with E-state index in [0.29, 0.717) is 30.2 Å². The van der Waals surface area contributed by atoms with E-state index in [9.17, 15) is 4.79 Å². The van der Waals surface area contributed by atoms with Crippen molar-refractivity contribution in [2.45, 2.75) is 18.9 Å². The van der Waals surface area contributed by atoms with Crippen LogP contribution in [0.1, 0.15) is 30.3 Å². The molecule has 7 nitrogen and oxygen atoms in total. The van der Waals surface area contributed by atoms with Gasteiger partial charge in [0.2, 0.25) is 5.91 Å². The van der Waals surface area contributed by atoms with E-state index >= 15 is 0 Å². The van der Waals surface area contributed by atoms with E-state index in [1.807, 2.05) is 36.4 Å². The Bertz CT molecular complexity index is 893. The van der Waals surface area contributed by atoms with Crippen molar-refractivity contribution in [3.8, 4) is 11.5 Å². The molecule has 2 N–H and O–H groups in total. The first-order chi connectivity index (χ1) is 12.2. The summed E-state index contributed by atoms with van der Waals surface area (Å²) in [5.41, 5.74) is 8.51. The van der Waals surface area contributed by atoms with Crippen molar-refractivity contribution < 1.29 is 9.32 Å². The van der Waals surface area contributed by atoms with E-state index in [1.54, 1.807) is 17.3 Å². The van der Waals surface area contributed by atoms with Gasteiger partial charge in [-0.1, -0.05) is 35.5 Å². The molecule has 1 atom stereocenters. The fourth-order valence-corrected chi connectivity index (χ4v) is 2.90. The van der Waals surface area contributed by atoms with Gasteiger partial charge in [-0.2, -0.15) is 4.98 Å². The second-order valence-electron chi connectivity index (χ2n) is 5.93. The van der Waals surface area contributed by atoms with Gasteiger partial charge in [0.25, 0.3) is 5.89 Å². The maximum absolute atomic E-state index is 11.9. The number of aromatic nitrogens is 3. The molecule has 1 amide bonds. The zero-order valence-electron chi connectivity index (χ0n) is 13.5. The molecular weight excluding hydrogens is 318 g/mol. The van der Waals surface area contributed by atoms with Crippen LogP contribution in [0.4, 0.5) is 5.69 Å². The van der Waals surface area contributed by atoms with Crippen LogP contribution in [-0.2, 0) is 4.79 Å². The topological polar surface area (TPSA) is 98.1 Å². The monoisotopic (exact) mass is 335 g/mol. The van der Waals surface area contributed by atoms with Crippen molar-refractivity contribution in [1.29, 1.82) is 0 Å². The Labute approximate surface area is 144 Å². The van der Waals surface area contributed by atoms with Gasteiger partial charge in [-0.25, -0.2) is 0 Å². The maximum atomic E-state index is 11.9. The fraction of sp³-hybridized carbons (Fsp3) is 0.222. The summed E-state index contributed by atoms with van der Waals surface area (Å²) in [6.45, 7) is 0.706. The molecule has 1 saturated heterocycles.